The van der Waals surface area contributed by atoms with Gasteiger partial charge in [0.1, 0.15) is 5.69 Å². The Balaban J connectivity index is 2.94. The quantitative estimate of drug-likeness (QED) is 0.662. The summed E-state index contributed by atoms with van der Waals surface area (Å²) in [6.45, 7) is 4.11. The van der Waals surface area contributed by atoms with Crippen LogP contribution in [0.1, 0.15) is 13.8 Å². The number of likely N-dealkylation sites (N-methyl/N-ethyl adjacent to an activating group) is 1. The van der Waals surface area contributed by atoms with Crippen LogP contribution in [0.5, 0.6) is 0 Å². The second kappa shape index (κ2) is 5.48. The van der Waals surface area contributed by atoms with Gasteiger partial charge in [0, 0.05) is 12.1 Å². The van der Waals surface area contributed by atoms with E-state index in [9.17, 15) is 18.9 Å². The maximum absolute atomic E-state index is 13.6. The molecule has 0 bridgehead atoms. The molecule has 0 fully saturated rings. The van der Waals surface area contributed by atoms with E-state index in [-0.39, 0.29) is 11.2 Å². The first-order chi connectivity index (χ1) is 8.65. The molecule has 0 amide bonds. The van der Waals surface area contributed by atoms with Gasteiger partial charge in [-0.2, -0.15) is 0 Å². The fourth-order valence-electron chi connectivity index (χ4n) is 1.30. The topological polar surface area (TPSA) is 58.4 Å². The Kier molecular flexibility index (Phi) is 4.41. The van der Waals surface area contributed by atoms with Gasteiger partial charge < -0.3 is 10.2 Å². The average molecular weight is 273 g/mol. The highest BCUT2D eigenvalue weighted by molar-refractivity contribution is 5.51. The summed E-state index contributed by atoms with van der Waals surface area (Å²) in [5, 5.41) is 13.1. The van der Waals surface area contributed by atoms with E-state index in [4.69, 9.17) is 0 Å². The molecular formula is C12H17F2N3O2. The number of benzene rings is 1. The Morgan fingerprint density at radius 2 is 1.79 bits per heavy atom. The first-order valence-electron chi connectivity index (χ1n) is 5.70. The predicted molar refractivity (Wildman–Crippen MR) is 69.3 cm³/mol. The zero-order chi connectivity index (χ0) is 14.8. The lowest BCUT2D eigenvalue weighted by Crippen LogP contribution is -2.44. The Labute approximate surface area is 110 Å². The van der Waals surface area contributed by atoms with Gasteiger partial charge in [-0.3, -0.25) is 10.1 Å². The van der Waals surface area contributed by atoms with Crippen molar-refractivity contribution in [2.75, 3.05) is 26.0 Å². The van der Waals surface area contributed by atoms with Crippen molar-refractivity contribution in [3.63, 3.8) is 0 Å². The molecule has 0 saturated carbocycles. The molecule has 106 valence electrons. The van der Waals surface area contributed by atoms with E-state index >= 15 is 0 Å². The highest BCUT2D eigenvalue weighted by Crippen LogP contribution is 2.25. The molecule has 0 atom stereocenters. The molecule has 1 aromatic carbocycles. The Morgan fingerprint density at radius 1 is 1.32 bits per heavy atom. The van der Waals surface area contributed by atoms with Crippen molar-refractivity contribution in [3.05, 3.63) is 33.9 Å². The largest absolute Gasteiger partial charge is 0.378 e. The summed E-state index contributed by atoms with van der Waals surface area (Å²) in [4.78, 5) is 11.5. The van der Waals surface area contributed by atoms with Crippen LogP contribution in [0.25, 0.3) is 0 Å². The fourth-order valence-corrected chi connectivity index (χ4v) is 1.30. The number of nitrogens with zero attached hydrogens (tertiary/aromatic N) is 2. The van der Waals surface area contributed by atoms with Crippen LogP contribution in [0, 0.1) is 21.7 Å². The highest BCUT2D eigenvalue weighted by Gasteiger charge is 2.23. The van der Waals surface area contributed by atoms with Crippen LogP contribution in [-0.4, -0.2) is 36.0 Å². The van der Waals surface area contributed by atoms with E-state index < -0.39 is 22.2 Å². The summed E-state index contributed by atoms with van der Waals surface area (Å²) in [6.07, 6.45) is 0. The smallest absolute Gasteiger partial charge is 0.275 e. The van der Waals surface area contributed by atoms with Crippen LogP contribution >= 0.6 is 0 Å². The standard InChI is InChI=1S/C12H17F2N3O2/c1-12(2,16(3)4)7-15-11-9(13)5-8(17(18)19)6-10(11)14/h5-6,15H,7H2,1-4H3. The van der Waals surface area contributed by atoms with E-state index in [2.05, 4.69) is 5.32 Å². The van der Waals surface area contributed by atoms with Crippen molar-refractivity contribution >= 4 is 11.4 Å². The van der Waals surface area contributed by atoms with Gasteiger partial charge in [0.05, 0.1) is 17.1 Å². The Bertz CT molecular complexity index is 467. The van der Waals surface area contributed by atoms with Crippen LogP contribution in [0.2, 0.25) is 0 Å². The summed E-state index contributed by atoms with van der Waals surface area (Å²) in [5.41, 5.74) is -1.27. The SMILES string of the molecule is CN(C)C(C)(C)CNc1c(F)cc([N+](=O)[O-])cc1F. The van der Waals surface area contributed by atoms with E-state index in [1.54, 1.807) is 0 Å². The van der Waals surface area contributed by atoms with Gasteiger partial charge in [0.15, 0.2) is 11.6 Å². The maximum atomic E-state index is 13.6. The Hall–Kier alpha value is -1.76. The molecule has 0 aliphatic heterocycles. The third-order valence-corrected chi connectivity index (χ3v) is 3.15. The molecule has 1 rings (SSSR count). The second-order valence-corrected chi connectivity index (χ2v) is 5.10. The summed E-state index contributed by atoms with van der Waals surface area (Å²) in [5.74, 6) is -1.94. The van der Waals surface area contributed by atoms with E-state index in [0.717, 1.165) is 0 Å². The number of hydrogen-bond donors (Lipinski definition) is 1. The third kappa shape index (κ3) is 3.60. The van der Waals surface area contributed by atoms with Gasteiger partial charge in [-0.05, 0) is 27.9 Å². The molecule has 0 spiro atoms. The van der Waals surface area contributed by atoms with Gasteiger partial charge >= 0.3 is 0 Å². The molecule has 7 heteroatoms. The minimum atomic E-state index is -0.971. The monoisotopic (exact) mass is 273 g/mol. The molecule has 19 heavy (non-hydrogen) atoms. The lowest BCUT2D eigenvalue weighted by Gasteiger charge is -2.33. The molecule has 0 aliphatic rings. The van der Waals surface area contributed by atoms with E-state index in [0.29, 0.717) is 18.7 Å². The van der Waals surface area contributed by atoms with Crippen LogP contribution in [0.15, 0.2) is 12.1 Å². The Morgan fingerprint density at radius 3 is 2.16 bits per heavy atom. The van der Waals surface area contributed by atoms with Crippen LogP contribution in [0.3, 0.4) is 0 Å². The summed E-state index contributed by atoms with van der Waals surface area (Å²) < 4.78 is 27.3. The minimum absolute atomic E-state index is 0.297. The summed E-state index contributed by atoms with van der Waals surface area (Å²) >= 11 is 0. The number of nitrogens with one attached hydrogen (secondary N) is 1. The molecule has 1 aromatic rings. The van der Waals surface area contributed by atoms with Gasteiger partial charge in [0.25, 0.3) is 5.69 Å². The normalized spacial score (nSPS) is 11.7. The molecule has 1 N–H and O–H groups in total. The molecule has 0 saturated heterocycles. The number of halogens is 2. The van der Waals surface area contributed by atoms with Crippen molar-refractivity contribution in [3.8, 4) is 0 Å². The summed E-state index contributed by atoms with van der Waals surface area (Å²) in [7, 11) is 3.70. The third-order valence-electron chi connectivity index (χ3n) is 3.15. The van der Waals surface area contributed by atoms with Crippen molar-refractivity contribution in [1.29, 1.82) is 0 Å². The van der Waals surface area contributed by atoms with Crippen molar-refractivity contribution in [1.82, 2.24) is 4.90 Å². The lowest BCUT2D eigenvalue weighted by molar-refractivity contribution is -0.385. The van der Waals surface area contributed by atoms with Crippen molar-refractivity contribution in [2.24, 2.45) is 0 Å². The van der Waals surface area contributed by atoms with Gasteiger partial charge in [0.2, 0.25) is 0 Å². The first kappa shape index (κ1) is 15.3. The van der Waals surface area contributed by atoms with Crippen molar-refractivity contribution in [2.45, 2.75) is 19.4 Å². The second-order valence-electron chi connectivity index (χ2n) is 5.10. The van der Waals surface area contributed by atoms with Crippen LogP contribution in [0.4, 0.5) is 20.2 Å². The number of anilines is 1. The zero-order valence-corrected chi connectivity index (χ0v) is 11.3. The van der Waals surface area contributed by atoms with Crippen molar-refractivity contribution < 1.29 is 13.7 Å². The number of rotatable bonds is 5. The molecular weight excluding hydrogens is 256 g/mol. The van der Waals surface area contributed by atoms with Gasteiger partial charge in [-0.25, -0.2) is 8.78 Å². The predicted octanol–water partition coefficient (Wildman–Crippen LogP) is 2.63. The molecule has 0 heterocycles. The average Bonchev–Trinajstić information content (AvgIpc) is 2.27. The van der Waals surface area contributed by atoms with E-state index in [1.165, 1.54) is 0 Å². The van der Waals surface area contributed by atoms with Gasteiger partial charge in [-0.15, -0.1) is 0 Å². The summed E-state index contributed by atoms with van der Waals surface area (Å²) in [6, 6.07) is 1.40. The lowest BCUT2D eigenvalue weighted by atomic mass is 10.0. The number of hydrogen-bond acceptors (Lipinski definition) is 4. The van der Waals surface area contributed by atoms with Crippen LogP contribution < -0.4 is 5.32 Å². The van der Waals surface area contributed by atoms with E-state index in [1.807, 2.05) is 32.8 Å². The molecule has 0 aromatic heterocycles. The maximum Gasteiger partial charge on any atom is 0.275 e. The fraction of sp³-hybridized carbons (Fsp3) is 0.500. The molecule has 5 nitrogen and oxygen atoms in total. The number of nitro benzene ring substituents is 1. The highest BCUT2D eigenvalue weighted by atomic mass is 19.1. The first-order valence-corrected chi connectivity index (χ1v) is 5.70. The molecule has 0 radical (unpaired) electrons. The number of non-ortho nitro benzene ring substituents is 1. The molecule has 0 unspecified atom stereocenters. The minimum Gasteiger partial charge on any atom is -0.378 e. The molecule has 0 aliphatic carbocycles. The number of nitro groups is 1. The zero-order valence-electron chi connectivity index (χ0n) is 11.3. The van der Waals surface area contributed by atoms with Gasteiger partial charge in [-0.1, -0.05) is 0 Å². The van der Waals surface area contributed by atoms with Crippen LogP contribution in [-0.2, 0) is 0 Å².